The summed E-state index contributed by atoms with van der Waals surface area (Å²) >= 11 is 0. The minimum atomic E-state index is 0.214. The molecule has 0 radical (unpaired) electrons. The van der Waals surface area contributed by atoms with Gasteiger partial charge in [0, 0.05) is 12.6 Å². The van der Waals surface area contributed by atoms with Crippen molar-refractivity contribution in [3.05, 3.63) is 0 Å². The number of rotatable bonds is 3. The Hall–Kier alpha value is -0.570. The lowest BCUT2D eigenvalue weighted by molar-refractivity contribution is -0.126. The average molecular weight is 238 g/mol. The second-order valence-corrected chi connectivity index (χ2v) is 5.69. The second-order valence-electron chi connectivity index (χ2n) is 5.69. The Morgan fingerprint density at radius 2 is 2.18 bits per heavy atom. The minimum absolute atomic E-state index is 0.214. The number of hydrogen-bond acceptors (Lipinski definition) is 2. The minimum Gasteiger partial charge on any atom is -0.353 e. The van der Waals surface area contributed by atoms with Crippen molar-refractivity contribution in [2.45, 2.75) is 57.9 Å². The zero-order chi connectivity index (χ0) is 12.1. The third-order valence-electron chi connectivity index (χ3n) is 4.37. The van der Waals surface area contributed by atoms with Crippen LogP contribution < -0.4 is 10.6 Å². The first kappa shape index (κ1) is 12.9. The molecule has 1 aliphatic heterocycles. The molecule has 3 atom stereocenters. The summed E-state index contributed by atoms with van der Waals surface area (Å²) in [5.41, 5.74) is 0. The van der Waals surface area contributed by atoms with Gasteiger partial charge < -0.3 is 10.6 Å². The summed E-state index contributed by atoms with van der Waals surface area (Å²) in [6.07, 6.45) is 8.48. The lowest BCUT2D eigenvalue weighted by Gasteiger charge is -2.31. The van der Waals surface area contributed by atoms with Gasteiger partial charge in [-0.3, -0.25) is 4.79 Å². The third kappa shape index (κ3) is 3.70. The monoisotopic (exact) mass is 238 g/mol. The zero-order valence-electron chi connectivity index (χ0n) is 11.0. The summed E-state index contributed by atoms with van der Waals surface area (Å²) < 4.78 is 0. The molecule has 3 nitrogen and oxygen atoms in total. The Morgan fingerprint density at radius 3 is 2.88 bits per heavy atom. The van der Waals surface area contributed by atoms with Crippen LogP contribution in [0.15, 0.2) is 0 Å². The molecule has 2 rings (SSSR count). The molecule has 98 valence electrons. The molecule has 2 fully saturated rings. The maximum atomic E-state index is 12.1. The normalized spacial score (nSPS) is 34.3. The Kier molecular flexibility index (Phi) is 4.84. The van der Waals surface area contributed by atoms with Gasteiger partial charge >= 0.3 is 0 Å². The summed E-state index contributed by atoms with van der Waals surface area (Å²) in [5, 5.41) is 6.59. The number of nitrogens with one attached hydrogen (secondary N) is 2. The summed E-state index contributed by atoms with van der Waals surface area (Å²) in [6, 6.07) is 0.447. The van der Waals surface area contributed by atoms with Crippen molar-refractivity contribution in [2.24, 2.45) is 11.8 Å². The largest absolute Gasteiger partial charge is 0.353 e. The molecule has 17 heavy (non-hydrogen) atoms. The van der Waals surface area contributed by atoms with Gasteiger partial charge in [0.05, 0.1) is 5.92 Å². The van der Waals surface area contributed by atoms with Crippen molar-refractivity contribution < 1.29 is 4.79 Å². The molecule has 0 aromatic rings. The molecule has 1 saturated carbocycles. The standard InChI is InChI=1S/C14H26N2O/c1-2-11-5-3-7-13(9-11)16-14(17)12-6-4-8-15-10-12/h11-13,15H,2-10H2,1H3,(H,16,17). The molecule has 2 N–H and O–H groups in total. The Balaban J connectivity index is 1.77. The predicted molar refractivity (Wildman–Crippen MR) is 69.8 cm³/mol. The van der Waals surface area contributed by atoms with Gasteiger partial charge in [-0.15, -0.1) is 0 Å². The van der Waals surface area contributed by atoms with Crippen LogP contribution in [0.25, 0.3) is 0 Å². The molecule has 1 saturated heterocycles. The summed E-state index contributed by atoms with van der Waals surface area (Å²) in [4.78, 5) is 12.1. The fourth-order valence-corrected chi connectivity index (χ4v) is 3.19. The molecular formula is C14H26N2O. The fourth-order valence-electron chi connectivity index (χ4n) is 3.19. The molecule has 0 spiro atoms. The molecule has 1 amide bonds. The number of piperidine rings is 1. The summed E-state index contributed by atoms with van der Waals surface area (Å²) in [6.45, 7) is 4.21. The van der Waals surface area contributed by atoms with Gasteiger partial charge in [0.2, 0.25) is 5.91 Å². The number of carbonyl (C=O) groups is 1. The SMILES string of the molecule is CCC1CCCC(NC(=O)C2CCCNC2)C1. The topological polar surface area (TPSA) is 41.1 Å². The van der Waals surface area contributed by atoms with Crippen LogP contribution in [0.1, 0.15) is 51.9 Å². The van der Waals surface area contributed by atoms with Crippen LogP contribution in [0.4, 0.5) is 0 Å². The molecule has 1 heterocycles. The van der Waals surface area contributed by atoms with Gasteiger partial charge in [0.25, 0.3) is 0 Å². The average Bonchev–Trinajstić information content (AvgIpc) is 2.40. The van der Waals surface area contributed by atoms with Crippen LogP contribution in [-0.4, -0.2) is 25.0 Å². The van der Waals surface area contributed by atoms with Crippen molar-refractivity contribution in [3.63, 3.8) is 0 Å². The first-order valence-corrected chi connectivity index (χ1v) is 7.30. The smallest absolute Gasteiger partial charge is 0.224 e. The van der Waals surface area contributed by atoms with Crippen molar-refractivity contribution in [3.8, 4) is 0 Å². The van der Waals surface area contributed by atoms with Crippen molar-refractivity contribution in [2.75, 3.05) is 13.1 Å². The van der Waals surface area contributed by atoms with Gasteiger partial charge in [0.15, 0.2) is 0 Å². The highest BCUT2D eigenvalue weighted by atomic mass is 16.2. The number of hydrogen-bond donors (Lipinski definition) is 2. The highest BCUT2D eigenvalue weighted by molar-refractivity contribution is 5.79. The van der Waals surface area contributed by atoms with Crippen LogP contribution in [0.5, 0.6) is 0 Å². The lowest BCUT2D eigenvalue weighted by Crippen LogP contribution is -2.45. The van der Waals surface area contributed by atoms with Gasteiger partial charge in [-0.05, 0) is 38.1 Å². The Bertz CT molecular complexity index is 249. The van der Waals surface area contributed by atoms with E-state index in [-0.39, 0.29) is 5.92 Å². The third-order valence-corrected chi connectivity index (χ3v) is 4.37. The van der Waals surface area contributed by atoms with Crippen LogP contribution in [0, 0.1) is 11.8 Å². The van der Waals surface area contributed by atoms with E-state index in [4.69, 9.17) is 0 Å². The summed E-state index contributed by atoms with van der Waals surface area (Å²) in [7, 11) is 0. The van der Waals surface area contributed by atoms with Crippen LogP contribution in [0.3, 0.4) is 0 Å². The van der Waals surface area contributed by atoms with Crippen molar-refractivity contribution in [1.82, 2.24) is 10.6 Å². The molecule has 3 unspecified atom stereocenters. The van der Waals surface area contributed by atoms with Gasteiger partial charge in [0.1, 0.15) is 0 Å². The van der Waals surface area contributed by atoms with Crippen LogP contribution in [-0.2, 0) is 4.79 Å². The van der Waals surface area contributed by atoms with Crippen molar-refractivity contribution >= 4 is 5.91 Å². The van der Waals surface area contributed by atoms with E-state index in [0.29, 0.717) is 11.9 Å². The lowest BCUT2D eigenvalue weighted by atomic mass is 9.84. The van der Waals surface area contributed by atoms with E-state index in [0.717, 1.165) is 31.8 Å². The number of amides is 1. The zero-order valence-corrected chi connectivity index (χ0v) is 11.0. The molecular weight excluding hydrogens is 212 g/mol. The molecule has 0 aromatic heterocycles. The van der Waals surface area contributed by atoms with E-state index in [2.05, 4.69) is 17.6 Å². The summed E-state index contributed by atoms with van der Waals surface area (Å²) in [5.74, 6) is 1.34. The molecule has 1 aliphatic carbocycles. The highest BCUT2D eigenvalue weighted by Gasteiger charge is 2.26. The maximum Gasteiger partial charge on any atom is 0.224 e. The van der Waals surface area contributed by atoms with Crippen molar-refractivity contribution in [1.29, 1.82) is 0 Å². The van der Waals surface area contributed by atoms with Crippen LogP contribution in [0.2, 0.25) is 0 Å². The maximum absolute atomic E-state index is 12.1. The Morgan fingerprint density at radius 1 is 1.29 bits per heavy atom. The number of carbonyl (C=O) groups excluding carboxylic acids is 1. The van der Waals surface area contributed by atoms with E-state index >= 15 is 0 Å². The van der Waals surface area contributed by atoms with Crippen LogP contribution >= 0.6 is 0 Å². The van der Waals surface area contributed by atoms with E-state index in [1.807, 2.05) is 0 Å². The van der Waals surface area contributed by atoms with Gasteiger partial charge in [-0.1, -0.05) is 26.2 Å². The predicted octanol–water partition coefficient (Wildman–Crippen LogP) is 2.07. The van der Waals surface area contributed by atoms with Gasteiger partial charge in [-0.25, -0.2) is 0 Å². The molecule has 0 aromatic carbocycles. The van der Waals surface area contributed by atoms with E-state index in [1.165, 1.54) is 32.1 Å². The van der Waals surface area contributed by atoms with E-state index in [1.54, 1.807) is 0 Å². The second kappa shape index (κ2) is 6.39. The highest BCUT2D eigenvalue weighted by Crippen LogP contribution is 2.26. The fraction of sp³-hybridized carbons (Fsp3) is 0.929. The van der Waals surface area contributed by atoms with E-state index in [9.17, 15) is 4.79 Å². The van der Waals surface area contributed by atoms with E-state index < -0.39 is 0 Å². The first-order chi connectivity index (χ1) is 8.29. The first-order valence-electron chi connectivity index (χ1n) is 7.30. The molecule has 0 bridgehead atoms. The Labute approximate surface area is 105 Å². The molecule has 2 aliphatic rings. The molecule has 3 heteroatoms. The quantitative estimate of drug-likeness (QED) is 0.790. The van der Waals surface area contributed by atoms with Gasteiger partial charge in [-0.2, -0.15) is 0 Å².